The lowest BCUT2D eigenvalue weighted by Gasteiger charge is -2.15. The predicted molar refractivity (Wildman–Crippen MR) is 78.1 cm³/mol. The van der Waals surface area contributed by atoms with Crippen molar-refractivity contribution < 1.29 is 0 Å². The summed E-state index contributed by atoms with van der Waals surface area (Å²) in [5, 5.41) is 8.46. The van der Waals surface area contributed by atoms with Crippen LogP contribution in [-0.2, 0) is 6.54 Å². The van der Waals surface area contributed by atoms with Gasteiger partial charge < -0.3 is 5.32 Å². The number of aromatic nitrogens is 2. The zero-order valence-electron chi connectivity index (χ0n) is 12.0. The maximum absolute atomic E-state index is 4.75. The van der Waals surface area contributed by atoms with E-state index in [0.717, 1.165) is 12.6 Å². The van der Waals surface area contributed by atoms with E-state index in [0.29, 0.717) is 6.04 Å². The molecule has 2 aliphatic carbocycles. The second-order valence-corrected chi connectivity index (χ2v) is 6.29. The molecule has 3 rings (SSSR count). The first kappa shape index (κ1) is 13.2. The summed E-state index contributed by atoms with van der Waals surface area (Å²) < 4.78 is 2.21. The van der Waals surface area contributed by atoms with Crippen molar-refractivity contribution in [1.29, 1.82) is 0 Å². The molecule has 1 N–H and O–H groups in total. The van der Waals surface area contributed by atoms with E-state index in [1.54, 1.807) is 0 Å². The lowest BCUT2D eigenvalue weighted by Crippen LogP contribution is -2.28. The molecule has 2 fully saturated rings. The van der Waals surface area contributed by atoms with Gasteiger partial charge in [0.1, 0.15) is 0 Å². The molecule has 19 heavy (non-hydrogen) atoms. The van der Waals surface area contributed by atoms with E-state index in [1.165, 1.54) is 69.9 Å². The molecule has 1 aromatic rings. The van der Waals surface area contributed by atoms with Gasteiger partial charge in [-0.3, -0.25) is 4.68 Å². The Kier molecular flexibility index (Phi) is 4.54. The summed E-state index contributed by atoms with van der Waals surface area (Å²) in [7, 11) is 0. The highest BCUT2D eigenvalue weighted by molar-refractivity contribution is 5.00. The van der Waals surface area contributed by atoms with Crippen molar-refractivity contribution in [2.45, 2.75) is 82.8 Å². The average molecular weight is 261 g/mol. The van der Waals surface area contributed by atoms with Gasteiger partial charge in [-0.25, -0.2) is 0 Å². The van der Waals surface area contributed by atoms with Gasteiger partial charge in [-0.05, 0) is 31.7 Å². The van der Waals surface area contributed by atoms with Gasteiger partial charge in [-0.1, -0.05) is 38.5 Å². The van der Waals surface area contributed by atoms with Crippen LogP contribution in [0.5, 0.6) is 0 Å². The van der Waals surface area contributed by atoms with Crippen molar-refractivity contribution in [3.63, 3.8) is 0 Å². The summed E-state index contributed by atoms with van der Waals surface area (Å²) in [6, 6.07) is 3.59. The van der Waals surface area contributed by atoms with Gasteiger partial charge in [0.25, 0.3) is 0 Å². The molecule has 106 valence electrons. The monoisotopic (exact) mass is 261 g/mol. The normalized spacial score (nSPS) is 22.7. The maximum Gasteiger partial charge on any atom is 0.0762 e. The first-order valence-corrected chi connectivity index (χ1v) is 8.19. The first-order chi connectivity index (χ1) is 9.42. The molecule has 1 heterocycles. The molecule has 3 nitrogen and oxygen atoms in total. The zero-order chi connectivity index (χ0) is 12.9. The fraction of sp³-hybridized carbons (Fsp3) is 0.812. The SMILES string of the molecule is c1cn(C2CCCC2)nc1CNC1CCCCCC1. The van der Waals surface area contributed by atoms with Gasteiger partial charge >= 0.3 is 0 Å². The molecule has 0 bridgehead atoms. The molecule has 0 amide bonds. The first-order valence-electron chi connectivity index (χ1n) is 8.19. The van der Waals surface area contributed by atoms with E-state index in [-0.39, 0.29) is 0 Å². The van der Waals surface area contributed by atoms with Gasteiger partial charge in [0.15, 0.2) is 0 Å². The molecule has 0 radical (unpaired) electrons. The van der Waals surface area contributed by atoms with Crippen LogP contribution >= 0.6 is 0 Å². The van der Waals surface area contributed by atoms with Gasteiger partial charge in [-0.2, -0.15) is 5.10 Å². The summed E-state index contributed by atoms with van der Waals surface area (Å²) in [6.45, 7) is 0.949. The van der Waals surface area contributed by atoms with Crippen LogP contribution in [0.1, 0.15) is 75.9 Å². The largest absolute Gasteiger partial charge is 0.308 e. The van der Waals surface area contributed by atoms with Crippen molar-refractivity contribution in [1.82, 2.24) is 15.1 Å². The third kappa shape index (κ3) is 3.59. The highest BCUT2D eigenvalue weighted by atomic mass is 15.3. The number of hydrogen-bond acceptors (Lipinski definition) is 2. The van der Waals surface area contributed by atoms with Gasteiger partial charge in [0.2, 0.25) is 0 Å². The summed E-state index contributed by atoms with van der Waals surface area (Å²) in [6.07, 6.45) is 15.9. The van der Waals surface area contributed by atoms with Gasteiger partial charge in [0, 0.05) is 18.8 Å². The number of hydrogen-bond donors (Lipinski definition) is 1. The van der Waals surface area contributed by atoms with E-state index >= 15 is 0 Å². The average Bonchev–Trinajstić information content (AvgIpc) is 3.04. The molecule has 0 spiro atoms. The topological polar surface area (TPSA) is 29.9 Å². The highest BCUT2D eigenvalue weighted by Gasteiger charge is 2.18. The molecule has 2 aliphatic rings. The van der Waals surface area contributed by atoms with Crippen LogP contribution in [0.2, 0.25) is 0 Å². The lowest BCUT2D eigenvalue weighted by molar-refractivity contribution is 0.439. The Bertz CT molecular complexity index is 371. The van der Waals surface area contributed by atoms with E-state index in [2.05, 4.69) is 22.3 Å². The molecule has 2 saturated carbocycles. The van der Waals surface area contributed by atoms with Crippen molar-refractivity contribution in [2.75, 3.05) is 0 Å². The molecular weight excluding hydrogens is 234 g/mol. The van der Waals surface area contributed by atoms with Crippen LogP contribution in [-0.4, -0.2) is 15.8 Å². The molecule has 0 unspecified atom stereocenters. The minimum absolute atomic E-state index is 0.673. The zero-order valence-corrected chi connectivity index (χ0v) is 12.0. The standard InChI is InChI=1S/C16H27N3/c1-2-4-8-14(7-3-1)17-13-15-11-12-19(18-15)16-9-5-6-10-16/h11-12,14,16-17H,1-10,13H2. The van der Waals surface area contributed by atoms with Gasteiger partial charge in [0.05, 0.1) is 11.7 Å². The summed E-state index contributed by atoms with van der Waals surface area (Å²) >= 11 is 0. The van der Waals surface area contributed by atoms with E-state index in [9.17, 15) is 0 Å². The van der Waals surface area contributed by atoms with Crippen LogP contribution in [0.15, 0.2) is 12.3 Å². The smallest absolute Gasteiger partial charge is 0.0762 e. The second kappa shape index (κ2) is 6.56. The van der Waals surface area contributed by atoms with Crippen molar-refractivity contribution >= 4 is 0 Å². The fourth-order valence-corrected chi connectivity index (χ4v) is 3.58. The molecular formula is C16H27N3. The van der Waals surface area contributed by atoms with Crippen LogP contribution in [0.25, 0.3) is 0 Å². The van der Waals surface area contributed by atoms with Crippen molar-refractivity contribution in [2.24, 2.45) is 0 Å². The van der Waals surface area contributed by atoms with E-state index in [1.807, 2.05) is 0 Å². The Morgan fingerprint density at radius 2 is 1.68 bits per heavy atom. The third-order valence-electron chi connectivity index (χ3n) is 4.79. The minimum atomic E-state index is 0.673. The Balaban J connectivity index is 1.49. The molecule has 0 atom stereocenters. The van der Waals surface area contributed by atoms with E-state index in [4.69, 9.17) is 5.10 Å². The second-order valence-electron chi connectivity index (χ2n) is 6.29. The van der Waals surface area contributed by atoms with Crippen LogP contribution in [0, 0.1) is 0 Å². The summed E-state index contributed by atoms with van der Waals surface area (Å²) in [4.78, 5) is 0. The summed E-state index contributed by atoms with van der Waals surface area (Å²) in [5.74, 6) is 0. The van der Waals surface area contributed by atoms with E-state index < -0.39 is 0 Å². The maximum atomic E-state index is 4.75. The minimum Gasteiger partial charge on any atom is -0.308 e. The Hall–Kier alpha value is -0.830. The number of nitrogens with one attached hydrogen (secondary N) is 1. The fourth-order valence-electron chi connectivity index (χ4n) is 3.58. The highest BCUT2D eigenvalue weighted by Crippen LogP contribution is 2.28. The Labute approximate surface area is 116 Å². The summed E-state index contributed by atoms with van der Waals surface area (Å²) in [5.41, 5.74) is 1.22. The van der Waals surface area contributed by atoms with Crippen molar-refractivity contribution in [3.05, 3.63) is 18.0 Å². The predicted octanol–water partition coefficient (Wildman–Crippen LogP) is 3.81. The Morgan fingerprint density at radius 3 is 2.42 bits per heavy atom. The molecule has 0 aliphatic heterocycles. The number of rotatable bonds is 4. The molecule has 3 heteroatoms. The third-order valence-corrected chi connectivity index (χ3v) is 4.79. The lowest BCUT2D eigenvalue weighted by atomic mass is 10.1. The molecule has 1 aromatic heterocycles. The molecule has 0 saturated heterocycles. The number of nitrogens with zero attached hydrogens (tertiary/aromatic N) is 2. The quantitative estimate of drug-likeness (QED) is 0.835. The van der Waals surface area contributed by atoms with Gasteiger partial charge in [-0.15, -0.1) is 0 Å². The molecule has 0 aromatic carbocycles. The van der Waals surface area contributed by atoms with Crippen LogP contribution in [0.3, 0.4) is 0 Å². The van der Waals surface area contributed by atoms with Crippen molar-refractivity contribution in [3.8, 4) is 0 Å². The Morgan fingerprint density at radius 1 is 1.00 bits per heavy atom. The van der Waals surface area contributed by atoms with Crippen LogP contribution in [0.4, 0.5) is 0 Å². The van der Waals surface area contributed by atoms with Crippen LogP contribution < -0.4 is 5.32 Å².